The molecule has 18 heavy (non-hydrogen) atoms. The van der Waals surface area contributed by atoms with Crippen LogP contribution in [-0.2, 0) is 9.59 Å². The molecule has 0 unspecified atom stereocenters. The van der Waals surface area contributed by atoms with Crippen LogP contribution in [0.4, 0.5) is 0 Å². The number of aliphatic hydroxyl groups is 1. The number of aliphatic hydroxyl groups excluding tert-OH is 1. The Labute approximate surface area is 109 Å². The number of carbonyl (C=O) groups excluding carboxylic acids is 1. The van der Waals surface area contributed by atoms with E-state index in [2.05, 4.69) is 0 Å². The summed E-state index contributed by atoms with van der Waals surface area (Å²) >= 11 is 1.37. The Balaban J connectivity index is 2.21. The molecule has 0 aromatic carbocycles. The molecule has 2 heterocycles. The zero-order valence-corrected chi connectivity index (χ0v) is 10.8. The number of carboxylic acids is 1. The number of rotatable bonds is 5. The third-order valence-corrected chi connectivity index (χ3v) is 4.61. The van der Waals surface area contributed by atoms with Gasteiger partial charge in [-0.2, -0.15) is 0 Å². The van der Waals surface area contributed by atoms with Crippen molar-refractivity contribution in [1.29, 1.82) is 0 Å². The SMILES string of the molecule is C[C@@H](O)[C@H]1C(=O)N2C(C(=O)O)=C(CCCN)S[C@H]12. The smallest absolute Gasteiger partial charge is 0.353 e. The third-order valence-electron chi connectivity index (χ3n) is 3.18. The molecule has 0 saturated carbocycles. The number of allylic oxidation sites excluding steroid dienone is 1. The van der Waals surface area contributed by atoms with Crippen molar-refractivity contribution in [2.75, 3.05) is 6.54 Å². The van der Waals surface area contributed by atoms with Crippen LogP contribution >= 0.6 is 11.8 Å². The normalized spacial score (nSPS) is 28.2. The lowest BCUT2D eigenvalue weighted by molar-refractivity contribution is -0.156. The van der Waals surface area contributed by atoms with E-state index in [-0.39, 0.29) is 17.0 Å². The Kier molecular flexibility index (Phi) is 3.65. The Morgan fingerprint density at radius 2 is 2.28 bits per heavy atom. The van der Waals surface area contributed by atoms with E-state index in [1.54, 1.807) is 6.92 Å². The van der Waals surface area contributed by atoms with Crippen molar-refractivity contribution in [3.05, 3.63) is 10.6 Å². The van der Waals surface area contributed by atoms with Gasteiger partial charge in [0, 0.05) is 4.91 Å². The number of fused-ring (bicyclic) bond motifs is 1. The van der Waals surface area contributed by atoms with Crippen LogP contribution < -0.4 is 5.73 Å². The number of hydrogen-bond donors (Lipinski definition) is 3. The molecular formula is C11H16N2O4S. The van der Waals surface area contributed by atoms with E-state index < -0.39 is 18.0 Å². The van der Waals surface area contributed by atoms with Gasteiger partial charge in [-0.05, 0) is 26.3 Å². The van der Waals surface area contributed by atoms with E-state index in [0.29, 0.717) is 24.3 Å². The van der Waals surface area contributed by atoms with E-state index >= 15 is 0 Å². The molecule has 3 atom stereocenters. The number of β-lactam (4-membered cyclic amide) rings is 1. The molecule has 6 nitrogen and oxygen atoms in total. The summed E-state index contributed by atoms with van der Waals surface area (Å²) in [6.07, 6.45) is 0.498. The van der Waals surface area contributed by atoms with Gasteiger partial charge in [-0.3, -0.25) is 9.69 Å². The molecule has 100 valence electrons. The lowest BCUT2D eigenvalue weighted by Gasteiger charge is -2.43. The quantitative estimate of drug-likeness (QED) is 0.605. The molecule has 2 aliphatic rings. The van der Waals surface area contributed by atoms with Gasteiger partial charge in [-0.1, -0.05) is 0 Å². The van der Waals surface area contributed by atoms with Crippen molar-refractivity contribution in [3.63, 3.8) is 0 Å². The van der Waals surface area contributed by atoms with E-state index in [4.69, 9.17) is 5.73 Å². The molecule has 7 heteroatoms. The molecule has 0 spiro atoms. The highest BCUT2D eigenvalue weighted by Crippen LogP contribution is 2.51. The van der Waals surface area contributed by atoms with Gasteiger partial charge in [0.1, 0.15) is 11.1 Å². The molecule has 1 saturated heterocycles. The van der Waals surface area contributed by atoms with Gasteiger partial charge in [-0.25, -0.2) is 4.79 Å². The molecule has 0 radical (unpaired) electrons. The number of hydrogen-bond acceptors (Lipinski definition) is 5. The maximum Gasteiger partial charge on any atom is 0.353 e. The van der Waals surface area contributed by atoms with Crippen LogP contribution in [0.2, 0.25) is 0 Å². The largest absolute Gasteiger partial charge is 0.477 e. The van der Waals surface area contributed by atoms with Crippen molar-refractivity contribution in [1.82, 2.24) is 4.90 Å². The van der Waals surface area contributed by atoms with E-state index in [0.717, 1.165) is 0 Å². The summed E-state index contributed by atoms with van der Waals surface area (Å²) in [6.45, 7) is 2.04. The maximum atomic E-state index is 11.8. The van der Waals surface area contributed by atoms with Crippen LogP contribution in [0.25, 0.3) is 0 Å². The number of carbonyl (C=O) groups is 2. The first kappa shape index (κ1) is 13.4. The standard InChI is InChI=1S/C11H16N2O4S/c1-5(14)7-9(15)13-8(11(16)17)6(3-2-4-12)18-10(7)13/h5,7,10,14H,2-4,12H2,1H3,(H,16,17)/t5-,7+,10-/m1/s1. The molecule has 4 N–H and O–H groups in total. The predicted octanol–water partition coefficient (Wildman–Crippen LogP) is -0.0664. The summed E-state index contributed by atoms with van der Waals surface area (Å²) in [6, 6.07) is 0. The summed E-state index contributed by atoms with van der Waals surface area (Å²) in [5.74, 6) is -1.89. The van der Waals surface area contributed by atoms with Gasteiger partial charge < -0.3 is 15.9 Å². The number of nitrogens with zero attached hydrogens (tertiary/aromatic N) is 1. The first-order valence-electron chi connectivity index (χ1n) is 5.83. The molecule has 0 bridgehead atoms. The van der Waals surface area contributed by atoms with Crippen LogP contribution in [0.1, 0.15) is 19.8 Å². The lowest BCUT2D eigenvalue weighted by Crippen LogP contribution is -2.60. The second-order valence-electron chi connectivity index (χ2n) is 4.45. The average Bonchev–Trinajstić information content (AvgIpc) is 2.60. The maximum absolute atomic E-state index is 11.8. The Morgan fingerprint density at radius 3 is 2.78 bits per heavy atom. The zero-order chi connectivity index (χ0) is 13.4. The Morgan fingerprint density at radius 1 is 1.61 bits per heavy atom. The number of amides is 1. The van der Waals surface area contributed by atoms with Gasteiger partial charge in [0.25, 0.3) is 0 Å². The monoisotopic (exact) mass is 272 g/mol. The highest BCUT2D eigenvalue weighted by atomic mass is 32.2. The van der Waals surface area contributed by atoms with E-state index in [9.17, 15) is 19.8 Å². The minimum Gasteiger partial charge on any atom is -0.477 e. The van der Waals surface area contributed by atoms with Crippen LogP contribution in [0, 0.1) is 5.92 Å². The average molecular weight is 272 g/mol. The van der Waals surface area contributed by atoms with Crippen molar-refractivity contribution < 1.29 is 19.8 Å². The Hall–Kier alpha value is -1.05. The zero-order valence-electron chi connectivity index (χ0n) is 10.00. The minimum absolute atomic E-state index is 0.0698. The molecule has 0 aliphatic carbocycles. The molecule has 1 amide bonds. The molecule has 1 fully saturated rings. The molecule has 2 aliphatic heterocycles. The topological polar surface area (TPSA) is 104 Å². The third kappa shape index (κ3) is 1.92. The van der Waals surface area contributed by atoms with Gasteiger partial charge in [0.15, 0.2) is 0 Å². The number of carboxylic acid groups (broad SMARTS) is 1. The van der Waals surface area contributed by atoms with Gasteiger partial charge in [0.2, 0.25) is 5.91 Å². The van der Waals surface area contributed by atoms with Crippen molar-refractivity contribution in [2.45, 2.75) is 31.2 Å². The van der Waals surface area contributed by atoms with Crippen molar-refractivity contribution in [2.24, 2.45) is 11.7 Å². The van der Waals surface area contributed by atoms with Crippen molar-refractivity contribution >= 4 is 23.6 Å². The fourth-order valence-electron chi connectivity index (χ4n) is 2.29. The number of aliphatic carboxylic acids is 1. The van der Waals surface area contributed by atoms with Crippen LogP contribution in [0.15, 0.2) is 10.6 Å². The second-order valence-corrected chi connectivity index (χ2v) is 5.66. The van der Waals surface area contributed by atoms with E-state index in [1.165, 1.54) is 16.7 Å². The highest BCUT2D eigenvalue weighted by Gasteiger charge is 2.57. The van der Waals surface area contributed by atoms with Crippen LogP contribution in [-0.4, -0.2) is 45.0 Å². The van der Waals surface area contributed by atoms with Crippen LogP contribution in [0.3, 0.4) is 0 Å². The first-order chi connectivity index (χ1) is 8.49. The lowest BCUT2D eigenvalue weighted by atomic mass is 9.92. The number of thioether (sulfide) groups is 1. The Bertz CT molecular complexity index is 421. The summed E-state index contributed by atoms with van der Waals surface area (Å²) in [4.78, 5) is 25.1. The van der Waals surface area contributed by atoms with Gasteiger partial charge in [0.05, 0.1) is 12.0 Å². The van der Waals surface area contributed by atoms with Gasteiger partial charge >= 0.3 is 5.97 Å². The summed E-state index contributed by atoms with van der Waals surface area (Å²) in [7, 11) is 0. The van der Waals surface area contributed by atoms with Crippen molar-refractivity contribution in [3.8, 4) is 0 Å². The molecule has 0 aromatic rings. The fourth-order valence-corrected chi connectivity index (χ4v) is 3.95. The van der Waals surface area contributed by atoms with Gasteiger partial charge in [-0.15, -0.1) is 11.8 Å². The summed E-state index contributed by atoms with van der Waals surface area (Å²) in [5, 5.41) is 18.5. The molecule has 2 rings (SSSR count). The predicted molar refractivity (Wildman–Crippen MR) is 66.3 cm³/mol. The van der Waals surface area contributed by atoms with Crippen LogP contribution in [0.5, 0.6) is 0 Å². The summed E-state index contributed by atoms with van der Waals surface area (Å²) in [5.41, 5.74) is 5.49. The molecule has 0 aromatic heterocycles. The summed E-state index contributed by atoms with van der Waals surface area (Å²) < 4.78 is 0. The molecular weight excluding hydrogens is 256 g/mol. The van der Waals surface area contributed by atoms with E-state index in [1.807, 2.05) is 0 Å². The number of nitrogens with two attached hydrogens (primary N) is 1. The first-order valence-corrected chi connectivity index (χ1v) is 6.71. The fraction of sp³-hybridized carbons (Fsp3) is 0.636. The highest BCUT2D eigenvalue weighted by molar-refractivity contribution is 8.04. The second kappa shape index (κ2) is 4.91. The minimum atomic E-state index is -1.09.